The van der Waals surface area contributed by atoms with Crippen LogP contribution in [-0.4, -0.2) is 4.21 Å². The molecule has 1 unspecified atom stereocenters. The Balaban J connectivity index is 0.000000680. The number of hydrogen-bond donors (Lipinski definition) is 0. The number of benzene rings is 4. The average Bonchev–Trinajstić information content (AvgIpc) is 3.49. The molecule has 0 aliphatic heterocycles. The summed E-state index contributed by atoms with van der Waals surface area (Å²) >= 11 is 1.30. The van der Waals surface area contributed by atoms with E-state index in [0.717, 1.165) is 6.42 Å². The van der Waals surface area contributed by atoms with Gasteiger partial charge in [0.25, 0.3) is 0 Å². The third-order valence-corrected chi connectivity index (χ3v) is 8.47. The van der Waals surface area contributed by atoms with Gasteiger partial charge in [0, 0.05) is 0 Å². The van der Waals surface area contributed by atoms with E-state index in [1.165, 1.54) is 85.5 Å². The van der Waals surface area contributed by atoms with E-state index < -0.39 is 0 Å². The van der Waals surface area contributed by atoms with Crippen molar-refractivity contribution >= 4 is 29.0 Å². The Labute approximate surface area is 321 Å². The van der Waals surface area contributed by atoms with E-state index in [1.807, 2.05) is 48.5 Å². The first-order valence-corrected chi connectivity index (χ1v) is 18.0. The normalized spacial score (nSPS) is 13.8. The fourth-order valence-electron chi connectivity index (χ4n) is 5.13. The van der Waals surface area contributed by atoms with Crippen molar-refractivity contribution in [3.8, 4) is 11.1 Å². The summed E-state index contributed by atoms with van der Waals surface area (Å²) in [4.78, 5) is 0. The SMILES string of the molecule is CC(C)(C)c1[c-]c2c(cc1)-c1ccc(C(C)(C)C)cc1C2.CC1=[C-]C(C)C(C)=C1C.Cc1cc[c-]cc1.Cc1cc[c-]cc1.Cl.Cl.[CH2]=[Zr]. The van der Waals surface area contributed by atoms with E-state index in [2.05, 4.69) is 142 Å². The summed E-state index contributed by atoms with van der Waals surface area (Å²) in [6.45, 7) is 26.4. The summed E-state index contributed by atoms with van der Waals surface area (Å²) in [6.07, 6.45) is 4.39. The second kappa shape index (κ2) is 21.0. The summed E-state index contributed by atoms with van der Waals surface area (Å²) < 4.78 is 3.34. The van der Waals surface area contributed by atoms with Crippen LogP contribution < -0.4 is 0 Å². The summed E-state index contributed by atoms with van der Waals surface area (Å²) in [6, 6.07) is 36.8. The molecule has 0 amide bonds. The molecule has 1 atom stereocenters. The Hall–Kier alpha value is -2.31. The van der Waals surface area contributed by atoms with Crippen LogP contribution in [0.3, 0.4) is 0 Å². The van der Waals surface area contributed by atoms with Crippen LogP contribution in [0.25, 0.3) is 11.1 Å². The van der Waals surface area contributed by atoms with E-state index in [1.54, 1.807) is 0 Å². The van der Waals surface area contributed by atoms with Crippen molar-refractivity contribution in [3.63, 3.8) is 0 Å². The number of hydrogen-bond acceptors (Lipinski definition) is 0. The van der Waals surface area contributed by atoms with Crippen molar-refractivity contribution in [2.24, 2.45) is 5.92 Å². The maximum atomic E-state index is 3.67. The van der Waals surface area contributed by atoms with Gasteiger partial charge in [-0.05, 0) is 28.4 Å². The van der Waals surface area contributed by atoms with Gasteiger partial charge in [-0.25, -0.2) is 5.57 Å². The zero-order chi connectivity index (χ0) is 34.7. The number of aryl methyl sites for hydroxylation is 2. The molecule has 0 saturated heterocycles. The van der Waals surface area contributed by atoms with Crippen LogP contribution in [0.15, 0.2) is 95.6 Å². The molecule has 0 saturated carbocycles. The van der Waals surface area contributed by atoms with Gasteiger partial charge in [-0.2, -0.15) is 107 Å². The molecule has 4 aromatic carbocycles. The van der Waals surface area contributed by atoms with Crippen molar-refractivity contribution in [3.05, 3.63) is 153 Å². The quantitative estimate of drug-likeness (QED) is 0.138. The molecule has 258 valence electrons. The molecule has 6 rings (SSSR count). The van der Waals surface area contributed by atoms with E-state index >= 15 is 0 Å². The summed E-state index contributed by atoms with van der Waals surface area (Å²) in [5, 5.41) is 0. The first-order valence-electron chi connectivity index (χ1n) is 16.3. The molecule has 0 N–H and O–H groups in total. The van der Waals surface area contributed by atoms with Gasteiger partial charge in [0.2, 0.25) is 0 Å². The Bertz CT molecular complexity index is 1500. The molecule has 0 fully saturated rings. The van der Waals surface area contributed by atoms with Gasteiger partial charge < -0.3 is 0 Å². The molecule has 0 bridgehead atoms. The molecule has 3 heteroatoms. The van der Waals surface area contributed by atoms with Gasteiger partial charge in [0.05, 0.1) is 0 Å². The number of halogens is 2. The summed E-state index contributed by atoms with van der Waals surface area (Å²) in [7, 11) is 0. The van der Waals surface area contributed by atoms with Crippen molar-refractivity contribution < 1.29 is 24.2 Å². The van der Waals surface area contributed by atoms with E-state index in [-0.39, 0.29) is 35.6 Å². The third kappa shape index (κ3) is 13.9. The van der Waals surface area contributed by atoms with Crippen molar-refractivity contribution in [2.45, 2.75) is 100 Å². The Kier molecular flexibility index (Phi) is 20.0. The number of rotatable bonds is 0. The first kappa shape index (κ1) is 45.7. The minimum atomic E-state index is 0. The second-order valence-corrected chi connectivity index (χ2v) is 14.3. The molecular formula is C45H56Cl2Zr-4. The predicted molar refractivity (Wildman–Crippen MR) is 213 cm³/mol. The van der Waals surface area contributed by atoms with Gasteiger partial charge in [0.15, 0.2) is 0 Å². The standard InChI is InChI=1S/C21H25.C9H13.2C7H7.CH2.2ClH.Zr/c1-20(2,3)16-7-9-18-14(12-16)11-15-13-17(21(4,5)6)8-10-19(15)18;1-6-5-7(2)9(4)8(6)3;2*1-7-5-3-2-4-6-7;;;;/h7-10,12H,11H2,1-6H3;6H,1-4H3;2*3-6H,1H3;1H2;2*1H;/q4*-1;;;;. The monoisotopic (exact) mass is 756 g/mol. The molecule has 0 aromatic heterocycles. The van der Waals surface area contributed by atoms with E-state index in [9.17, 15) is 0 Å². The molecule has 48 heavy (non-hydrogen) atoms. The maximum absolute atomic E-state index is 3.67. The van der Waals surface area contributed by atoms with Gasteiger partial charge >= 0.3 is 28.4 Å². The fourth-order valence-corrected chi connectivity index (χ4v) is 5.13. The van der Waals surface area contributed by atoms with E-state index in [4.69, 9.17) is 0 Å². The Morgan fingerprint density at radius 3 is 1.48 bits per heavy atom. The van der Waals surface area contributed by atoms with E-state index in [0.29, 0.717) is 5.92 Å². The Morgan fingerprint density at radius 1 is 0.667 bits per heavy atom. The van der Waals surface area contributed by atoms with Crippen LogP contribution in [0.5, 0.6) is 0 Å². The third-order valence-electron chi connectivity index (χ3n) is 8.47. The van der Waals surface area contributed by atoms with Crippen LogP contribution in [-0.2, 0) is 41.5 Å². The molecule has 2 aliphatic carbocycles. The molecule has 0 nitrogen and oxygen atoms in total. The molecule has 4 aromatic rings. The second-order valence-electron chi connectivity index (χ2n) is 14.3. The fraction of sp³-hybridized carbons (Fsp3) is 0.356. The Morgan fingerprint density at radius 2 is 1.15 bits per heavy atom. The summed E-state index contributed by atoms with van der Waals surface area (Å²) in [5.74, 6) is 0.560. The molecule has 0 radical (unpaired) electrons. The van der Waals surface area contributed by atoms with Crippen LogP contribution >= 0.6 is 24.8 Å². The predicted octanol–water partition coefficient (Wildman–Crippen LogP) is 12.8. The average molecular weight is 759 g/mol. The van der Waals surface area contributed by atoms with Gasteiger partial charge in [-0.1, -0.05) is 106 Å². The molecule has 0 heterocycles. The van der Waals surface area contributed by atoms with Crippen LogP contribution in [0, 0.1) is 44.0 Å². The summed E-state index contributed by atoms with van der Waals surface area (Å²) in [5.41, 5.74) is 15.5. The van der Waals surface area contributed by atoms with Crippen molar-refractivity contribution in [1.29, 1.82) is 0 Å². The van der Waals surface area contributed by atoms with Crippen LogP contribution in [0.1, 0.15) is 103 Å². The van der Waals surface area contributed by atoms with Crippen molar-refractivity contribution in [1.82, 2.24) is 0 Å². The molecule has 2 aliphatic rings. The number of allylic oxidation sites excluding steroid dienone is 4. The molecular weight excluding hydrogens is 703 g/mol. The number of fused-ring (bicyclic) bond motifs is 3. The van der Waals surface area contributed by atoms with Gasteiger partial charge in [-0.15, -0.1) is 42.9 Å². The van der Waals surface area contributed by atoms with Crippen LogP contribution in [0.4, 0.5) is 0 Å². The zero-order valence-electron chi connectivity index (χ0n) is 31.3. The van der Waals surface area contributed by atoms with Gasteiger partial charge in [-0.3, -0.25) is 6.08 Å². The topological polar surface area (TPSA) is 0 Å². The molecule has 0 spiro atoms. The zero-order valence-corrected chi connectivity index (χ0v) is 35.4. The van der Waals surface area contributed by atoms with Gasteiger partial charge in [0.1, 0.15) is 0 Å². The first-order chi connectivity index (χ1) is 21.6. The van der Waals surface area contributed by atoms with Crippen molar-refractivity contribution in [2.75, 3.05) is 0 Å². The van der Waals surface area contributed by atoms with Crippen LogP contribution in [0.2, 0.25) is 0 Å². The minimum absolute atomic E-state index is 0.